The van der Waals surface area contributed by atoms with Crippen molar-refractivity contribution in [3.05, 3.63) is 59.5 Å². The lowest BCUT2D eigenvalue weighted by molar-refractivity contribution is -0.117. The number of benzene rings is 1. The molecule has 1 aromatic carbocycles. The van der Waals surface area contributed by atoms with Crippen LogP contribution in [0.2, 0.25) is 0 Å². The zero-order valence-corrected chi connectivity index (χ0v) is 11.8. The number of thiazole rings is 1. The molecule has 0 saturated heterocycles. The first kappa shape index (κ1) is 14.9. The van der Waals surface area contributed by atoms with Crippen molar-refractivity contribution < 1.29 is 10.6 Å². The maximum absolute atomic E-state index is 12.7. The summed E-state index contributed by atoms with van der Waals surface area (Å²) in [5.74, 6) is -0.644. The fourth-order valence-corrected chi connectivity index (χ4v) is 2.00. The normalized spacial score (nSPS) is 11.8. The zero-order valence-electron chi connectivity index (χ0n) is 11.0. The first-order chi connectivity index (χ1) is 10.1. The van der Waals surface area contributed by atoms with E-state index in [4.69, 9.17) is 5.73 Å². The minimum absolute atomic E-state index is 0. The van der Waals surface area contributed by atoms with E-state index in [1.807, 2.05) is 5.38 Å². The Bertz CT molecular complexity index is 656. The van der Waals surface area contributed by atoms with E-state index < -0.39 is 5.91 Å². The molecule has 0 fully saturated rings. The predicted molar refractivity (Wildman–Crippen MR) is 83.7 cm³/mol. The maximum atomic E-state index is 12.7. The van der Waals surface area contributed by atoms with E-state index in [-0.39, 0.29) is 19.5 Å². The van der Waals surface area contributed by atoms with E-state index in [0.29, 0.717) is 5.56 Å². The molecular formula is C14H15FN4OS. The molecule has 1 amide bonds. The van der Waals surface area contributed by atoms with Crippen LogP contribution in [0.4, 0.5) is 9.52 Å². The van der Waals surface area contributed by atoms with Gasteiger partial charge in [0.05, 0.1) is 6.42 Å². The first-order valence-corrected chi connectivity index (χ1v) is 6.95. The topological polar surface area (TPSA) is 80.4 Å². The second-order valence-corrected chi connectivity index (χ2v) is 4.94. The number of anilines is 1. The highest BCUT2D eigenvalue weighted by Gasteiger charge is 2.02. The Morgan fingerprint density at radius 3 is 2.90 bits per heavy atom. The van der Waals surface area contributed by atoms with Gasteiger partial charge in [-0.15, -0.1) is 11.3 Å². The predicted octanol–water partition coefficient (Wildman–Crippen LogP) is 2.58. The summed E-state index contributed by atoms with van der Waals surface area (Å²) in [5.41, 5.74) is 6.30. The lowest BCUT2D eigenvalue weighted by Crippen LogP contribution is -2.12. The summed E-state index contributed by atoms with van der Waals surface area (Å²) in [6.07, 6.45) is 4.78. The fourth-order valence-electron chi connectivity index (χ4n) is 1.49. The lowest BCUT2D eigenvalue weighted by atomic mass is 10.1. The average molecular weight is 306 g/mol. The molecule has 0 aliphatic heterocycles. The first-order valence-electron chi connectivity index (χ1n) is 6.07. The van der Waals surface area contributed by atoms with Crippen molar-refractivity contribution in [2.24, 2.45) is 10.7 Å². The van der Waals surface area contributed by atoms with Gasteiger partial charge in [0.15, 0.2) is 5.13 Å². The van der Waals surface area contributed by atoms with Crippen molar-refractivity contribution in [2.45, 2.75) is 6.42 Å². The lowest BCUT2D eigenvalue weighted by Gasteiger charge is -1.98. The average Bonchev–Trinajstić information content (AvgIpc) is 2.94. The van der Waals surface area contributed by atoms with Gasteiger partial charge in [-0.25, -0.2) is 9.37 Å². The smallest absolute Gasteiger partial charge is 0.252 e. The number of hydrogen-bond acceptors (Lipinski definition) is 4. The molecule has 0 atom stereocenters. The summed E-state index contributed by atoms with van der Waals surface area (Å²) in [6.45, 7) is 0. The molecule has 0 unspecified atom stereocenters. The van der Waals surface area contributed by atoms with E-state index in [1.165, 1.54) is 29.5 Å². The third kappa shape index (κ3) is 5.15. The van der Waals surface area contributed by atoms with Gasteiger partial charge in [0.1, 0.15) is 11.7 Å². The number of amidine groups is 1. The molecule has 5 nitrogen and oxygen atoms in total. The highest BCUT2D eigenvalue weighted by Crippen LogP contribution is 2.09. The second-order valence-electron chi connectivity index (χ2n) is 4.05. The summed E-state index contributed by atoms with van der Waals surface area (Å²) in [6, 6.07) is 5.68. The molecule has 21 heavy (non-hydrogen) atoms. The van der Waals surface area contributed by atoms with E-state index in [1.54, 1.807) is 24.5 Å². The van der Waals surface area contributed by atoms with Gasteiger partial charge in [-0.3, -0.25) is 4.79 Å². The third-order valence-corrected chi connectivity index (χ3v) is 3.12. The molecule has 0 saturated carbocycles. The third-order valence-electron chi connectivity index (χ3n) is 2.42. The van der Waals surface area contributed by atoms with Crippen LogP contribution >= 0.6 is 11.3 Å². The van der Waals surface area contributed by atoms with Crippen LogP contribution < -0.4 is 11.1 Å². The van der Waals surface area contributed by atoms with Crippen LogP contribution in [-0.4, -0.2) is 16.7 Å². The molecule has 0 aliphatic rings. The van der Waals surface area contributed by atoms with Crippen molar-refractivity contribution in [2.75, 3.05) is 5.32 Å². The van der Waals surface area contributed by atoms with Crippen LogP contribution in [0.5, 0.6) is 0 Å². The molecule has 1 aromatic heterocycles. The van der Waals surface area contributed by atoms with Gasteiger partial charge in [0, 0.05) is 19.2 Å². The van der Waals surface area contributed by atoms with E-state index in [0.717, 1.165) is 5.13 Å². The van der Waals surface area contributed by atoms with Crippen LogP contribution in [0.15, 0.2) is 53.1 Å². The van der Waals surface area contributed by atoms with Crippen LogP contribution in [0, 0.1) is 5.82 Å². The number of nitrogens with zero attached hydrogens (tertiary/aromatic N) is 2. The quantitative estimate of drug-likeness (QED) is 0.657. The Morgan fingerprint density at radius 2 is 2.24 bits per heavy atom. The molecular weight excluding hydrogens is 291 g/mol. The van der Waals surface area contributed by atoms with Crippen molar-refractivity contribution in [1.29, 1.82) is 0 Å². The standard InChI is InChI=1S/C14H13FN4OS.H2/c15-11-3-1-10(2-4-11)9-13(20)19-12(16)5-6-17-14-18-7-8-21-14;/h1-8H,9H2,(H,17,18)(H2,16,19,20);1H/b6-5-;. The van der Waals surface area contributed by atoms with Gasteiger partial charge in [0.2, 0.25) is 0 Å². The number of rotatable bonds is 5. The van der Waals surface area contributed by atoms with Crippen LogP contribution in [0.25, 0.3) is 0 Å². The Hall–Kier alpha value is -2.54. The van der Waals surface area contributed by atoms with Crippen molar-refractivity contribution in [1.82, 2.24) is 4.98 Å². The van der Waals surface area contributed by atoms with Gasteiger partial charge in [-0.1, -0.05) is 12.1 Å². The zero-order chi connectivity index (χ0) is 15.1. The van der Waals surface area contributed by atoms with Crippen LogP contribution in [0.1, 0.15) is 6.99 Å². The molecule has 2 rings (SSSR count). The Morgan fingerprint density at radius 1 is 1.48 bits per heavy atom. The van der Waals surface area contributed by atoms with E-state index in [2.05, 4.69) is 15.3 Å². The van der Waals surface area contributed by atoms with Gasteiger partial charge < -0.3 is 11.1 Å². The number of nitrogens with one attached hydrogen (secondary N) is 1. The molecule has 1 heterocycles. The van der Waals surface area contributed by atoms with Gasteiger partial charge in [0.25, 0.3) is 5.91 Å². The molecule has 0 radical (unpaired) electrons. The summed E-state index contributed by atoms with van der Waals surface area (Å²) in [7, 11) is 0. The largest absolute Gasteiger partial charge is 0.384 e. The number of carbonyl (C=O) groups is 1. The summed E-state index contributed by atoms with van der Waals surface area (Å²) in [4.78, 5) is 19.4. The summed E-state index contributed by atoms with van der Waals surface area (Å²) >= 11 is 1.44. The number of aliphatic imine (C=N–C) groups is 1. The molecule has 110 valence electrons. The minimum atomic E-state index is -0.391. The maximum Gasteiger partial charge on any atom is 0.252 e. The second kappa shape index (κ2) is 7.30. The van der Waals surface area contributed by atoms with Crippen LogP contribution in [-0.2, 0) is 11.2 Å². The Kier molecular flexibility index (Phi) is 5.16. The number of carbonyl (C=O) groups excluding carboxylic acids is 1. The van der Waals surface area contributed by atoms with Crippen molar-refractivity contribution >= 4 is 28.2 Å². The van der Waals surface area contributed by atoms with Crippen molar-refractivity contribution in [3.63, 3.8) is 0 Å². The number of nitrogens with two attached hydrogens (primary N) is 1. The highest BCUT2D eigenvalue weighted by molar-refractivity contribution is 7.13. The molecule has 0 bridgehead atoms. The molecule has 0 spiro atoms. The van der Waals surface area contributed by atoms with E-state index >= 15 is 0 Å². The molecule has 0 aliphatic carbocycles. The molecule has 2 aromatic rings. The van der Waals surface area contributed by atoms with Gasteiger partial charge >= 0.3 is 0 Å². The van der Waals surface area contributed by atoms with Crippen molar-refractivity contribution in [3.8, 4) is 0 Å². The Labute approximate surface area is 126 Å². The molecule has 3 N–H and O–H groups in total. The van der Waals surface area contributed by atoms with Gasteiger partial charge in [-0.05, 0) is 23.8 Å². The summed E-state index contributed by atoms with van der Waals surface area (Å²) in [5, 5.41) is 5.45. The highest BCUT2D eigenvalue weighted by atomic mass is 32.1. The number of hydrogen-bond donors (Lipinski definition) is 2. The number of halogens is 1. The summed E-state index contributed by atoms with van der Waals surface area (Å²) < 4.78 is 12.7. The van der Waals surface area contributed by atoms with E-state index in [9.17, 15) is 9.18 Å². The minimum Gasteiger partial charge on any atom is -0.384 e. The number of aromatic nitrogens is 1. The fraction of sp³-hybridized carbons (Fsp3) is 0.0714. The van der Waals surface area contributed by atoms with Crippen LogP contribution in [0.3, 0.4) is 0 Å². The SMILES string of the molecule is NC(/C=C\Nc1nccs1)=NC(=O)Cc1ccc(F)cc1.[HH]. The van der Waals surface area contributed by atoms with Gasteiger partial charge in [-0.2, -0.15) is 4.99 Å². The number of amides is 1. The monoisotopic (exact) mass is 306 g/mol. The molecule has 7 heteroatoms. The Balaban J connectivity index is 0.00000242.